The van der Waals surface area contributed by atoms with E-state index in [9.17, 15) is 18.3 Å². The SMILES string of the molecule is CC(C)S(=O)(=O)c1ccc(CC(=O)NC[C@@](O)(c2ccco2)C2CC2)cc1. The minimum Gasteiger partial charge on any atom is -0.466 e. The fourth-order valence-electron chi connectivity index (χ4n) is 3.07. The molecule has 3 rings (SSSR count). The van der Waals surface area contributed by atoms with Crippen molar-refractivity contribution < 1.29 is 22.7 Å². The van der Waals surface area contributed by atoms with Crippen LogP contribution in [0.2, 0.25) is 0 Å². The van der Waals surface area contributed by atoms with Crippen LogP contribution in [0.4, 0.5) is 0 Å². The van der Waals surface area contributed by atoms with Gasteiger partial charge < -0.3 is 14.8 Å². The van der Waals surface area contributed by atoms with Crippen LogP contribution in [0.3, 0.4) is 0 Å². The Balaban J connectivity index is 1.61. The monoisotopic (exact) mass is 391 g/mol. The Kier molecular flexibility index (Phi) is 5.44. The van der Waals surface area contributed by atoms with Gasteiger partial charge in [-0.1, -0.05) is 12.1 Å². The van der Waals surface area contributed by atoms with Gasteiger partial charge in [0, 0.05) is 0 Å². The highest BCUT2D eigenvalue weighted by Gasteiger charge is 2.47. The molecule has 0 radical (unpaired) electrons. The molecule has 6 nitrogen and oxygen atoms in total. The summed E-state index contributed by atoms with van der Waals surface area (Å²) in [4.78, 5) is 12.5. The van der Waals surface area contributed by atoms with E-state index in [-0.39, 0.29) is 29.7 Å². The van der Waals surface area contributed by atoms with E-state index >= 15 is 0 Å². The number of carbonyl (C=O) groups excluding carboxylic acids is 1. The highest BCUT2D eigenvalue weighted by molar-refractivity contribution is 7.92. The molecule has 1 fully saturated rings. The third-order valence-electron chi connectivity index (χ3n) is 4.99. The number of sulfone groups is 1. The van der Waals surface area contributed by atoms with E-state index in [0.29, 0.717) is 11.3 Å². The van der Waals surface area contributed by atoms with Gasteiger partial charge in [0.2, 0.25) is 5.91 Å². The number of nitrogens with one attached hydrogen (secondary N) is 1. The maximum atomic E-state index is 12.3. The van der Waals surface area contributed by atoms with Crippen molar-refractivity contribution in [3.8, 4) is 0 Å². The maximum absolute atomic E-state index is 12.3. The van der Waals surface area contributed by atoms with Gasteiger partial charge in [-0.25, -0.2) is 8.42 Å². The molecule has 1 atom stereocenters. The van der Waals surface area contributed by atoms with E-state index in [4.69, 9.17) is 4.42 Å². The average Bonchev–Trinajstić information content (AvgIpc) is 3.35. The second-order valence-electron chi connectivity index (χ2n) is 7.37. The Morgan fingerprint density at radius 2 is 1.93 bits per heavy atom. The van der Waals surface area contributed by atoms with Crippen molar-refractivity contribution in [1.29, 1.82) is 0 Å². The predicted molar refractivity (Wildman–Crippen MR) is 101 cm³/mol. The maximum Gasteiger partial charge on any atom is 0.224 e. The number of aliphatic hydroxyl groups is 1. The zero-order valence-corrected chi connectivity index (χ0v) is 16.3. The third kappa shape index (κ3) is 4.25. The van der Waals surface area contributed by atoms with Crippen LogP contribution >= 0.6 is 0 Å². The van der Waals surface area contributed by atoms with Crippen molar-refractivity contribution in [3.63, 3.8) is 0 Å². The van der Waals surface area contributed by atoms with Crippen LogP contribution in [0.15, 0.2) is 52.0 Å². The van der Waals surface area contributed by atoms with E-state index in [1.165, 1.54) is 18.4 Å². The Morgan fingerprint density at radius 3 is 2.44 bits per heavy atom. The van der Waals surface area contributed by atoms with Gasteiger partial charge in [0.05, 0.1) is 29.4 Å². The molecule has 0 spiro atoms. The minimum absolute atomic E-state index is 0.0871. The Hall–Kier alpha value is -2.12. The fraction of sp³-hybridized carbons (Fsp3) is 0.450. The number of carbonyl (C=O) groups is 1. The van der Waals surface area contributed by atoms with Gasteiger partial charge >= 0.3 is 0 Å². The third-order valence-corrected chi connectivity index (χ3v) is 7.16. The van der Waals surface area contributed by atoms with Gasteiger partial charge in [-0.2, -0.15) is 0 Å². The van der Waals surface area contributed by atoms with Crippen LogP contribution in [0.5, 0.6) is 0 Å². The molecule has 1 aromatic heterocycles. The van der Waals surface area contributed by atoms with E-state index in [1.807, 2.05) is 0 Å². The lowest BCUT2D eigenvalue weighted by Crippen LogP contribution is -2.42. The van der Waals surface area contributed by atoms with Crippen molar-refractivity contribution in [1.82, 2.24) is 5.32 Å². The zero-order valence-electron chi connectivity index (χ0n) is 15.5. The van der Waals surface area contributed by atoms with Gasteiger partial charge in [-0.05, 0) is 62.4 Å². The number of rotatable bonds is 8. The van der Waals surface area contributed by atoms with Crippen LogP contribution in [-0.4, -0.2) is 31.2 Å². The van der Waals surface area contributed by atoms with Crippen LogP contribution in [0, 0.1) is 5.92 Å². The van der Waals surface area contributed by atoms with Crippen molar-refractivity contribution in [2.24, 2.45) is 5.92 Å². The molecule has 1 aliphatic carbocycles. The standard InChI is InChI=1S/C20H25NO5S/c1-14(2)27(24,25)17-9-5-15(6-10-17)12-19(22)21-13-20(23,16-7-8-16)18-4-3-11-26-18/h3-6,9-11,14,16,23H,7-8,12-13H2,1-2H3,(H,21,22)/t20-/m0/s1. The van der Waals surface area contributed by atoms with Crippen LogP contribution in [0.25, 0.3) is 0 Å². The molecule has 0 aliphatic heterocycles. The number of hydrogen-bond donors (Lipinski definition) is 2. The largest absolute Gasteiger partial charge is 0.466 e. The first kappa shape index (κ1) is 19.6. The molecular weight excluding hydrogens is 366 g/mol. The summed E-state index contributed by atoms with van der Waals surface area (Å²) in [6.07, 6.45) is 3.43. The quantitative estimate of drug-likeness (QED) is 0.720. The molecule has 0 saturated heterocycles. The Morgan fingerprint density at radius 1 is 1.26 bits per heavy atom. The highest BCUT2D eigenvalue weighted by Crippen LogP contribution is 2.45. The first-order valence-corrected chi connectivity index (χ1v) is 10.6. The zero-order chi connectivity index (χ0) is 19.7. The molecule has 27 heavy (non-hydrogen) atoms. The fourth-order valence-corrected chi connectivity index (χ4v) is 4.13. The molecule has 0 unspecified atom stereocenters. The number of hydrogen-bond acceptors (Lipinski definition) is 5. The predicted octanol–water partition coefficient (Wildman–Crippen LogP) is 2.42. The Labute approximate surface area is 159 Å². The molecule has 7 heteroatoms. The molecular formula is C20H25NO5S. The van der Waals surface area contributed by atoms with Crippen LogP contribution < -0.4 is 5.32 Å². The minimum atomic E-state index is -3.32. The van der Waals surface area contributed by atoms with Gasteiger partial charge in [-0.15, -0.1) is 0 Å². The second kappa shape index (κ2) is 7.48. The van der Waals surface area contributed by atoms with E-state index in [1.54, 1.807) is 38.1 Å². The summed E-state index contributed by atoms with van der Waals surface area (Å²) in [5.74, 6) is 0.318. The van der Waals surface area contributed by atoms with Gasteiger partial charge in [0.25, 0.3) is 0 Å². The van der Waals surface area contributed by atoms with Crippen LogP contribution in [-0.2, 0) is 26.7 Å². The molecule has 1 amide bonds. The molecule has 2 N–H and O–H groups in total. The summed E-state index contributed by atoms with van der Waals surface area (Å²) in [6, 6.07) is 9.79. The summed E-state index contributed by atoms with van der Waals surface area (Å²) < 4.78 is 29.6. The molecule has 2 aromatic rings. The van der Waals surface area contributed by atoms with Gasteiger partial charge in [0.15, 0.2) is 9.84 Å². The average molecular weight is 391 g/mol. The summed E-state index contributed by atoms with van der Waals surface area (Å²) in [5.41, 5.74) is -0.475. The van der Waals surface area contributed by atoms with Crippen molar-refractivity contribution in [2.45, 2.75) is 48.9 Å². The number of furan rings is 1. The van der Waals surface area contributed by atoms with Gasteiger partial charge in [0.1, 0.15) is 11.4 Å². The lowest BCUT2D eigenvalue weighted by atomic mass is 9.94. The topological polar surface area (TPSA) is 96.6 Å². The number of amides is 1. The summed E-state index contributed by atoms with van der Waals surface area (Å²) in [6.45, 7) is 3.36. The first-order chi connectivity index (χ1) is 12.7. The molecule has 0 bridgehead atoms. The van der Waals surface area contributed by atoms with Crippen molar-refractivity contribution in [3.05, 3.63) is 54.0 Å². The first-order valence-electron chi connectivity index (χ1n) is 9.09. The van der Waals surface area contributed by atoms with E-state index < -0.39 is 20.7 Å². The Bertz CT molecular complexity index is 883. The summed E-state index contributed by atoms with van der Waals surface area (Å²) in [7, 11) is -3.32. The highest BCUT2D eigenvalue weighted by atomic mass is 32.2. The molecule has 1 aliphatic rings. The number of benzene rings is 1. The molecule has 146 valence electrons. The lowest BCUT2D eigenvalue weighted by molar-refractivity contribution is -0.122. The summed E-state index contributed by atoms with van der Waals surface area (Å²) in [5, 5.41) is 13.2. The lowest BCUT2D eigenvalue weighted by Gasteiger charge is -2.26. The second-order valence-corrected chi connectivity index (χ2v) is 9.87. The van der Waals surface area contributed by atoms with Gasteiger partial charge in [-0.3, -0.25) is 4.79 Å². The summed E-state index contributed by atoms with van der Waals surface area (Å²) >= 11 is 0. The van der Waals surface area contributed by atoms with Crippen molar-refractivity contribution >= 4 is 15.7 Å². The van der Waals surface area contributed by atoms with E-state index in [0.717, 1.165) is 12.8 Å². The van der Waals surface area contributed by atoms with E-state index in [2.05, 4.69) is 5.32 Å². The molecule has 1 saturated carbocycles. The van der Waals surface area contributed by atoms with Crippen molar-refractivity contribution in [2.75, 3.05) is 6.54 Å². The normalized spacial score (nSPS) is 16.9. The molecule has 1 heterocycles. The molecule has 1 aromatic carbocycles. The smallest absolute Gasteiger partial charge is 0.224 e. The van der Waals surface area contributed by atoms with Crippen LogP contribution in [0.1, 0.15) is 38.0 Å².